The quantitative estimate of drug-likeness (QED) is 0.929. The van der Waals surface area contributed by atoms with E-state index in [0.29, 0.717) is 17.4 Å². The number of aryl methyl sites for hydroxylation is 1. The van der Waals surface area contributed by atoms with Gasteiger partial charge in [-0.05, 0) is 25.0 Å². The average molecular weight is 322 g/mol. The number of allylic oxidation sites excluding steroid dienone is 1. The highest BCUT2D eigenvalue weighted by Gasteiger charge is 2.38. The van der Waals surface area contributed by atoms with Gasteiger partial charge < -0.3 is 10.5 Å². The molecule has 5 nitrogen and oxygen atoms in total. The molecule has 0 radical (unpaired) electrons. The van der Waals surface area contributed by atoms with E-state index in [9.17, 15) is 5.26 Å². The van der Waals surface area contributed by atoms with E-state index in [4.69, 9.17) is 10.5 Å². The first-order chi connectivity index (χ1) is 11.6. The molecule has 1 atom stereocenters. The zero-order valence-electron chi connectivity index (χ0n) is 14.3. The molecule has 1 aliphatic heterocycles. The lowest BCUT2D eigenvalue weighted by atomic mass is 9.77. The van der Waals surface area contributed by atoms with Gasteiger partial charge in [-0.3, -0.25) is 0 Å². The van der Waals surface area contributed by atoms with Crippen molar-refractivity contribution >= 4 is 0 Å². The molecule has 3 rings (SSSR count). The highest BCUT2D eigenvalue weighted by molar-refractivity contribution is 5.52. The molecule has 1 aliphatic rings. The fraction of sp³-hybridized carbons (Fsp3) is 0.368. The van der Waals surface area contributed by atoms with Crippen LogP contribution in [0.5, 0.6) is 5.88 Å². The number of aromatic nitrogens is 2. The summed E-state index contributed by atoms with van der Waals surface area (Å²) in [6, 6.07) is 12.1. The Morgan fingerprint density at radius 1 is 1.29 bits per heavy atom. The van der Waals surface area contributed by atoms with Gasteiger partial charge >= 0.3 is 0 Å². The third kappa shape index (κ3) is 2.44. The van der Waals surface area contributed by atoms with Crippen LogP contribution in [0.3, 0.4) is 0 Å². The minimum absolute atomic E-state index is 0.0637. The van der Waals surface area contributed by atoms with Gasteiger partial charge in [0.2, 0.25) is 11.8 Å². The lowest BCUT2D eigenvalue weighted by molar-refractivity contribution is 0.334. The molecular formula is C19H22N4O. The van der Waals surface area contributed by atoms with Gasteiger partial charge in [0.1, 0.15) is 6.07 Å². The first-order valence-electron chi connectivity index (χ1n) is 8.34. The predicted molar refractivity (Wildman–Crippen MR) is 92.6 cm³/mol. The van der Waals surface area contributed by atoms with Gasteiger partial charge in [0, 0.05) is 11.5 Å². The maximum Gasteiger partial charge on any atom is 0.228 e. The number of fused-ring (bicyclic) bond motifs is 1. The number of hydrogen-bond acceptors (Lipinski definition) is 4. The SMILES string of the molecule is CCC(CC)[C@@H]1C(C#N)=C(N)Oc2c1c(C)nn2-c1ccccc1. The van der Waals surface area contributed by atoms with E-state index in [-0.39, 0.29) is 11.8 Å². The van der Waals surface area contributed by atoms with Crippen LogP contribution in [0.4, 0.5) is 0 Å². The number of nitriles is 1. The summed E-state index contributed by atoms with van der Waals surface area (Å²) in [6.45, 7) is 6.25. The van der Waals surface area contributed by atoms with Crippen LogP contribution >= 0.6 is 0 Å². The maximum absolute atomic E-state index is 9.62. The number of rotatable bonds is 4. The van der Waals surface area contributed by atoms with E-state index in [1.165, 1.54) is 0 Å². The summed E-state index contributed by atoms with van der Waals surface area (Å²) >= 11 is 0. The van der Waals surface area contributed by atoms with Crippen LogP contribution in [0.1, 0.15) is 43.9 Å². The van der Waals surface area contributed by atoms with Gasteiger partial charge in [-0.1, -0.05) is 44.9 Å². The average Bonchev–Trinajstić information content (AvgIpc) is 2.93. The molecule has 0 unspecified atom stereocenters. The Labute approximate surface area is 142 Å². The summed E-state index contributed by atoms with van der Waals surface area (Å²) in [5, 5.41) is 14.3. The Balaban J connectivity index is 2.22. The number of nitrogens with zero attached hydrogens (tertiary/aromatic N) is 3. The Morgan fingerprint density at radius 3 is 2.54 bits per heavy atom. The molecule has 0 saturated heterocycles. The highest BCUT2D eigenvalue weighted by atomic mass is 16.5. The topological polar surface area (TPSA) is 76.9 Å². The monoisotopic (exact) mass is 322 g/mol. The third-order valence-corrected chi connectivity index (χ3v) is 4.80. The summed E-state index contributed by atoms with van der Waals surface area (Å²) in [5.41, 5.74) is 9.39. The summed E-state index contributed by atoms with van der Waals surface area (Å²) in [7, 11) is 0. The molecule has 2 N–H and O–H groups in total. The molecule has 0 spiro atoms. The Bertz CT molecular complexity index is 810. The maximum atomic E-state index is 9.62. The number of benzene rings is 1. The van der Waals surface area contributed by atoms with E-state index < -0.39 is 0 Å². The van der Waals surface area contributed by atoms with Gasteiger partial charge in [0.25, 0.3) is 0 Å². The minimum atomic E-state index is -0.0637. The lowest BCUT2D eigenvalue weighted by Gasteiger charge is -2.29. The minimum Gasteiger partial charge on any atom is -0.422 e. The van der Waals surface area contributed by atoms with Crippen molar-refractivity contribution in [3.8, 4) is 17.6 Å². The Kier molecular flexibility index (Phi) is 4.30. The summed E-state index contributed by atoms with van der Waals surface area (Å²) < 4.78 is 7.63. The normalized spacial score (nSPS) is 16.7. The van der Waals surface area contributed by atoms with E-state index in [1.807, 2.05) is 37.3 Å². The van der Waals surface area contributed by atoms with Gasteiger partial charge in [-0.2, -0.15) is 10.4 Å². The van der Waals surface area contributed by atoms with E-state index in [2.05, 4.69) is 25.0 Å². The van der Waals surface area contributed by atoms with Crippen molar-refractivity contribution in [3.05, 3.63) is 53.0 Å². The molecular weight excluding hydrogens is 300 g/mol. The first kappa shape index (κ1) is 16.1. The van der Waals surface area contributed by atoms with Crippen molar-refractivity contribution in [2.24, 2.45) is 11.7 Å². The molecule has 5 heteroatoms. The molecule has 0 fully saturated rings. The van der Waals surface area contributed by atoms with Gasteiger partial charge in [0.15, 0.2) is 0 Å². The molecule has 0 aliphatic carbocycles. The van der Waals surface area contributed by atoms with Crippen LogP contribution in [0.15, 0.2) is 41.8 Å². The molecule has 0 amide bonds. The summed E-state index contributed by atoms with van der Waals surface area (Å²) in [5.74, 6) is 1.09. The number of para-hydroxylation sites is 1. The fourth-order valence-corrected chi connectivity index (χ4v) is 3.53. The third-order valence-electron chi connectivity index (χ3n) is 4.80. The second kappa shape index (κ2) is 6.40. The largest absolute Gasteiger partial charge is 0.422 e. The molecule has 0 bridgehead atoms. The molecule has 0 saturated carbocycles. The van der Waals surface area contributed by atoms with Crippen molar-refractivity contribution in [1.82, 2.24) is 9.78 Å². The van der Waals surface area contributed by atoms with Crippen LogP contribution < -0.4 is 10.5 Å². The van der Waals surface area contributed by atoms with Crippen LogP contribution in [0.2, 0.25) is 0 Å². The zero-order chi connectivity index (χ0) is 17.3. The van der Waals surface area contributed by atoms with Crippen molar-refractivity contribution in [3.63, 3.8) is 0 Å². The van der Waals surface area contributed by atoms with Gasteiger partial charge in [-0.25, -0.2) is 4.68 Å². The van der Waals surface area contributed by atoms with E-state index >= 15 is 0 Å². The van der Waals surface area contributed by atoms with E-state index in [1.54, 1.807) is 4.68 Å². The van der Waals surface area contributed by atoms with Crippen LogP contribution in [0.25, 0.3) is 5.69 Å². The van der Waals surface area contributed by atoms with Crippen molar-refractivity contribution in [1.29, 1.82) is 5.26 Å². The molecule has 2 aromatic rings. The van der Waals surface area contributed by atoms with Crippen LogP contribution in [-0.2, 0) is 0 Å². The Hall–Kier alpha value is -2.74. The fourth-order valence-electron chi connectivity index (χ4n) is 3.53. The number of ether oxygens (including phenoxy) is 1. The van der Waals surface area contributed by atoms with Gasteiger partial charge in [-0.15, -0.1) is 0 Å². The zero-order valence-corrected chi connectivity index (χ0v) is 14.3. The second-order valence-electron chi connectivity index (χ2n) is 6.10. The van der Waals surface area contributed by atoms with Crippen molar-refractivity contribution in [2.45, 2.75) is 39.5 Å². The van der Waals surface area contributed by atoms with E-state index in [0.717, 1.165) is 29.8 Å². The smallest absolute Gasteiger partial charge is 0.228 e. The van der Waals surface area contributed by atoms with Crippen LogP contribution in [0, 0.1) is 24.2 Å². The van der Waals surface area contributed by atoms with Gasteiger partial charge in [0.05, 0.1) is 17.0 Å². The van der Waals surface area contributed by atoms with Crippen molar-refractivity contribution in [2.75, 3.05) is 0 Å². The predicted octanol–water partition coefficient (Wildman–Crippen LogP) is 3.79. The lowest BCUT2D eigenvalue weighted by Crippen LogP contribution is -2.25. The number of nitrogens with two attached hydrogens (primary N) is 1. The standard InChI is InChI=1S/C19H22N4O/c1-4-13(5-2)17-15(11-20)18(21)24-19-16(17)12(3)22-23(19)14-9-7-6-8-10-14/h6-10,13,17H,4-5,21H2,1-3H3/t17-/m1/s1. The summed E-state index contributed by atoms with van der Waals surface area (Å²) in [6.07, 6.45) is 1.93. The van der Waals surface area contributed by atoms with Crippen LogP contribution in [-0.4, -0.2) is 9.78 Å². The second-order valence-corrected chi connectivity index (χ2v) is 6.10. The first-order valence-corrected chi connectivity index (χ1v) is 8.34. The summed E-state index contributed by atoms with van der Waals surface area (Å²) in [4.78, 5) is 0. The van der Waals surface area contributed by atoms with Crippen molar-refractivity contribution < 1.29 is 4.74 Å². The molecule has 24 heavy (non-hydrogen) atoms. The Morgan fingerprint density at radius 2 is 1.96 bits per heavy atom. The highest BCUT2D eigenvalue weighted by Crippen LogP contribution is 2.46. The molecule has 2 heterocycles. The molecule has 1 aromatic heterocycles. The molecule has 1 aromatic carbocycles. The number of hydrogen-bond donors (Lipinski definition) is 1. The molecule has 124 valence electrons.